The van der Waals surface area contributed by atoms with Gasteiger partial charge >= 0.3 is 5.97 Å². The Kier molecular flexibility index (Phi) is 1.29. The van der Waals surface area contributed by atoms with Crippen molar-refractivity contribution in [2.24, 2.45) is 5.92 Å². The van der Waals surface area contributed by atoms with Crippen molar-refractivity contribution < 1.29 is 14.6 Å². The number of alkyl halides is 1. The second-order valence-electron chi connectivity index (χ2n) is 2.78. The number of carbonyl (C=O) groups excluding carboxylic acids is 1. The monoisotopic (exact) mass is 174 g/mol. The standard InChI is InChI=1S/C7H7ClO3/c8-7-2-1-4(7)5(3-9)11-6(7)10/h1-2,4-5,9H,3H2/t4-,5-,7+/m1/s1. The van der Waals surface area contributed by atoms with Crippen molar-refractivity contribution in [2.75, 3.05) is 6.61 Å². The van der Waals surface area contributed by atoms with Crippen LogP contribution in [0.25, 0.3) is 0 Å². The summed E-state index contributed by atoms with van der Waals surface area (Å²) in [5.74, 6) is -0.576. The topological polar surface area (TPSA) is 46.5 Å². The first-order chi connectivity index (χ1) is 5.18. The van der Waals surface area contributed by atoms with Crippen LogP contribution in [0.4, 0.5) is 0 Å². The van der Waals surface area contributed by atoms with Crippen LogP contribution in [0.15, 0.2) is 12.2 Å². The minimum Gasteiger partial charge on any atom is -0.458 e. The maximum absolute atomic E-state index is 11.0. The zero-order valence-corrected chi connectivity index (χ0v) is 6.41. The van der Waals surface area contributed by atoms with Crippen molar-refractivity contribution in [2.45, 2.75) is 11.0 Å². The smallest absolute Gasteiger partial charge is 0.332 e. The fourth-order valence-corrected chi connectivity index (χ4v) is 1.76. The molecule has 1 fully saturated rings. The summed E-state index contributed by atoms with van der Waals surface area (Å²) >= 11 is 5.86. The highest BCUT2D eigenvalue weighted by molar-refractivity contribution is 6.37. The molecule has 4 heteroatoms. The van der Waals surface area contributed by atoms with E-state index >= 15 is 0 Å². The Balaban J connectivity index is 2.28. The van der Waals surface area contributed by atoms with Crippen molar-refractivity contribution in [3.8, 4) is 0 Å². The molecule has 2 aliphatic rings. The van der Waals surface area contributed by atoms with E-state index in [1.54, 1.807) is 12.2 Å². The molecule has 1 N–H and O–H groups in total. The highest BCUT2D eigenvalue weighted by atomic mass is 35.5. The lowest BCUT2D eigenvalue weighted by Gasteiger charge is -2.27. The third-order valence-corrected chi connectivity index (χ3v) is 2.72. The van der Waals surface area contributed by atoms with Gasteiger partial charge in [-0.25, -0.2) is 4.79 Å². The Hall–Kier alpha value is -0.540. The fourth-order valence-electron chi connectivity index (χ4n) is 1.43. The van der Waals surface area contributed by atoms with Crippen molar-refractivity contribution in [3.05, 3.63) is 12.2 Å². The Morgan fingerprint density at radius 1 is 1.82 bits per heavy atom. The number of rotatable bonds is 1. The number of carbonyl (C=O) groups is 1. The van der Waals surface area contributed by atoms with Gasteiger partial charge in [0.25, 0.3) is 0 Å². The van der Waals surface area contributed by atoms with Crippen LogP contribution in [0.3, 0.4) is 0 Å². The van der Waals surface area contributed by atoms with Crippen molar-refractivity contribution in [3.63, 3.8) is 0 Å². The number of halogens is 1. The quantitative estimate of drug-likeness (QED) is 0.348. The SMILES string of the molecule is O=C1O[C@H](CO)[C@H]2C=C[C@@]12Cl. The van der Waals surface area contributed by atoms with Crippen LogP contribution in [-0.2, 0) is 9.53 Å². The molecule has 11 heavy (non-hydrogen) atoms. The summed E-state index contributed by atoms with van der Waals surface area (Å²) in [6, 6.07) is 0. The van der Waals surface area contributed by atoms with E-state index in [2.05, 4.69) is 0 Å². The summed E-state index contributed by atoms with van der Waals surface area (Å²) < 4.78 is 4.82. The molecule has 60 valence electrons. The molecule has 1 heterocycles. The van der Waals surface area contributed by atoms with Crippen LogP contribution < -0.4 is 0 Å². The van der Waals surface area contributed by atoms with E-state index in [1.807, 2.05) is 0 Å². The van der Waals surface area contributed by atoms with Crippen LogP contribution in [0.5, 0.6) is 0 Å². The largest absolute Gasteiger partial charge is 0.458 e. The minimum absolute atomic E-state index is 0.137. The van der Waals surface area contributed by atoms with Gasteiger partial charge in [0.2, 0.25) is 0 Å². The Bertz CT molecular complexity index is 238. The van der Waals surface area contributed by atoms with Gasteiger partial charge in [0.15, 0.2) is 4.87 Å². The van der Waals surface area contributed by atoms with Gasteiger partial charge in [-0.05, 0) is 0 Å². The first-order valence-electron chi connectivity index (χ1n) is 3.38. The van der Waals surface area contributed by atoms with Crippen molar-refractivity contribution >= 4 is 17.6 Å². The van der Waals surface area contributed by atoms with Crippen LogP contribution >= 0.6 is 11.6 Å². The van der Waals surface area contributed by atoms with Gasteiger partial charge in [0, 0.05) is 5.92 Å². The third-order valence-electron chi connectivity index (χ3n) is 2.18. The molecule has 1 aliphatic heterocycles. The van der Waals surface area contributed by atoms with E-state index in [0.29, 0.717) is 0 Å². The summed E-state index contributed by atoms with van der Waals surface area (Å²) in [4.78, 5) is 10.0. The highest BCUT2D eigenvalue weighted by Gasteiger charge is 2.58. The fraction of sp³-hybridized carbons (Fsp3) is 0.571. The molecule has 0 amide bonds. The summed E-state index contributed by atoms with van der Waals surface area (Å²) in [6.45, 7) is -0.158. The molecule has 0 aromatic heterocycles. The summed E-state index contributed by atoms with van der Waals surface area (Å²) in [5.41, 5.74) is 0. The number of cyclic esters (lactones) is 1. The Labute approximate surface area is 68.6 Å². The number of fused-ring (bicyclic) bond motifs is 1. The van der Waals surface area contributed by atoms with Gasteiger partial charge in [-0.2, -0.15) is 0 Å². The predicted octanol–water partition coefficient (Wildman–Crippen LogP) is 0.0677. The van der Waals surface area contributed by atoms with Gasteiger partial charge < -0.3 is 9.84 Å². The molecule has 0 aromatic carbocycles. The number of aliphatic hydroxyl groups is 1. The lowest BCUT2D eigenvalue weighted by atomic mass is 9.80. The summed E-state index contributed by atoms with van der Waals surface area (Å²) in [6.07, 6.45) is 2.96. The number of hydrogen-bond acceptors (Lipinski definition) is 3. The minimum atomic E-state index is -0.965. The Morgan fingerprint density at radius 2 is 2.55 bits per heavy atom. The predicted molar refractivity (Wildman–Crippen MR) is 38.2 cm³/mol. The molecule has 0 bridgehead atoms. The lowest BCUT2D eigenvalue weighted by molar-refractivity contribution is -0.143. The zero-order chi connectivity index (χ0) is 8.06. The van der Waals surface area contributed by atoms with Crippen LogP contribution in [0.1, 0.15) is 0 Å². The van der Waals surface area contributed by atoms with E-state index in [4.69, 9.17) is 21.4 Å². The molecule has 0 radical (unpaired) electrons. The van der Waals surface area contributed by atoms with E-state index in [-0.39, 0.29) is 12.5 Å². The maximum atomic E-state index is 11.0. The zero-order valence-electron chi connectivity index (χ0n) is 5.66. The molecule has 3 atom stereocenters. The second kappa shape index (κ2) is 1.99. The molecular formula is C7H7ClO3. The normalized spacial score (nSPS) is 46.5. The van der Waals surface area contributed by atoms with Gasteiger partial charge in [-0.15, -0.1) is 11.6 Å². The number of ether oxygens (including phenoxy) is 1. The maximum Gasteiger partial charge on any atom is 0.332 e. The van der Waals surface area contributed by atoms with Crippen LogP contribution in [0, 0.1) is 5.92 Å². The molecule has 2 rings (SSSR count). The summed E-state index contributed by atoms with van der Waals surface area (Å²) in [5, 5.41) is 8.75. The molecule has 0 spiro atoms. The van der Waals surface area contributed by atoms with Gasteiger partial charge in [0.1, 0.15) is 6.10 Å². The molecule has 0 unspecified atom stereocenters. The van der Waals surface area contributed by atoms with Gasteiger partial charge in [0.05, 0.1) is 6.61 Å². The second-order valence-corrected chi connectivity index (χ2v) is 3.40. The molecule has 0 saturated carbocycles. The van der Waals surface area contributed by atoms with Gasteiger partial charge in [-0.1, -0.05) is 12.2 Å². The molecule has 1 saturated heterocycles. The van der Waals surface area contributed by atoms with E-state index in [1.165, 1.54) is 0 Å². The number of aliphatic hydroxyl groups excluding tert-OH is 1. The molecule has 0 aromatic rings. The van der Waals surface area contributed by atoms with E-state index in [9.17, 15) is 4.79 Å². The lowest BCUT2D eigenvalue weighted by Crippen LogP contribution is -2.40. The van der Waals surface area contributed by atoms with E-state index in [0.717, 1.165) is 0 Å². The average molecular weight is 175 g/mol. The van der Waals surface area contributed by atoms with Crippen molar-refractivity contribution in [1.82, 2.24) is 0 Å². The van der Waals surface area contributed by atoms with Crippen LogP contribution in [0.2, 0.25) is 0 Å². The summed E-state index contributed by atoms with van der Waals surface area (Å²) in [7, 11) is 0. The highest BCUT2D eigenvalue weighted by Crippen LogP contribution is 2.46. The third kappa shape index (κ3) is 0.698. The molecule has 1 aliphatic carbocycles. The molecule has 3 nitrogen and oxygen atoms in total. The first kappa shape index (κ1) is 7.13. The number of hydrogen-bond donors (Lipinski definition) is 1. The van der Waals surface area contributed by atoms with Crippen LogP contribution in [-0.4, -0.2) is 28.7 Å². The van der Waals surface area contributed by atoms with Crippen molar-refractivity contribution in [1.29, 1.82) is 0 Å². The first-order valence-corrected chi connectivity index (χ1v) is 3.76. The number of esters is 1. The van der Waals surface area contributed by atoms with Gasteiger partial charge in [-0.3, -0.25) is 0 Å². The Morgan fingerprint density at radius 3 is 2.82 bits per heavy atom. The average Bonchev–Trinajstić information content (AvgIpc) is 2.12. The molecular weight excluding hydrogens is 168 g/mol. The van der Waals surface area contributed by atoms with E-state index < -0.39 is 16.9 Å².